The molecule has 0 bridgehead atoms. The van der Waals surface area contributed by atoms with Gasteiger partial charge >= 0.3 is 5.97 Å². The van der Waals surface area contributed by atoms with E-state index in [1.54, 1.807) is 13.0 Å². The molecule has 16 heavy (non-hydrogen) atoms. The van der Waals surface area contributed by atoms with Gasteiger partial charge in [-0.15, -0.1) is 0 Å². The normalized spacial score (nSPS) is 26.5. The van der Waals surface area contributed by atoms with E-state index < -0.39 is 11.4 Å². The molecule has 0 amide bonds. The lowest BCUT2D eigenvalue weighted by Gasteiger charge is -2.16. The molecule has 0 aliphatic heterocycles. The Morgan fingerprint density at radius 2 is 1.94 bits per heavy atom. The number of hydrogen-bond acceptors (Lipinski definition) is 1. The predicted octanol–water partition coefficient (Wildman–Crippen LogP) is 2.89. The van der Waals surface area contributed by atoms with Crippen molar-refractivity contribution in [3.63, 3.8) is 0 Å². The van der Waals surface area contributed by atoms with Crippen LogP contribution < -0.4 is 0 Å². The summed E-state index contributed by atoms with van der Waals surface area (Å²) in [5, 5.41) is 9.35. The first-order valence-electron chi connectivity index (χ1n) is 5.31. The molecule has 1 aromatic carbocycles. The number of halogens is 1. The van der Waals surface area contributed by atoms with Crippen molar-refractivity contribution in [1.82, 2.24) is 0 Å². The third kappa shape index (κ3) is 1.34. The Kier molecular flexibility index (Phi) is 2.13. The summed E-state index contributed by atoms with van der Waals surface area (Å²) in [6.07, 6.45) is 0.568. The monoisotopic (exact) mass is 222 g/mol. The topological polar surface area (TPSA) is 37.3 Å². The van der Waals surface area contributed by atoms with Crippen LogP contribution in [0.4, 0.5) is 4.39 Å². The number of carbonyl (C=O) groups is 1. The van der Waals surface area contributed by atoms with E-state index in [0.717, 1.165) is 5.56 Å². The summed E-state index contributed by atoms with van der Waals surface area (Å²) in [5.74, 6) is -1.22. The minimum absolute atomic E-state index is 0.293. The Bertz CT molecular complexity index is 445. The molecule has 1 aromatic rings. The molecule has 0 heterocycles. The number of rotatable bonds is 2. The first-order chi connectivity index (χ1) is 7.29. The van der Waals surface area contributed by atoms with Gasteiger partial charge < -0.3 is 5.11 Å². The molecule has 1 saturated carbocycles. The highest BCUT2D eigenvalue weighted by Crippen LogP contribution is 2.64. The Morgan fingerprint density at radius 1 is 1.38 bits per heavy atom. The first kappa shape index (κ1) is 11.1. The predicted molar refractivity (Wildman–Crippen MR) is 58.8 cm³/mol. The van der Waals surface area contributed by atoms with Crippen molar-refractivity contribution in [3.05, 3.63) is 35.1 Å². The molecule has 0 spiro atoms. The zero-order valence-electron chi connectivity index (χ0n) is 9.67. The Morgan fingerprint density at radius 3 is 2.31 bits per heavy atom. The van der Waals surface area contributed by atoms with Gasteiger partial charge in [0.25, 0.3) is 0 Å². The van der Waals surface area contributed by atoms with Gasteiger partial charge in [0.1, 0.15) is 5.82 Å². The van der Waals surface area contributed by atoms with Crippen LogP contribution in [0.5, 0.6) is 0 Å². The largest absolute Gasteiger partial charge is 0.481 e. The SMILES string of the molecule is Cc1cc(F)cc(C2(C(=O)O)CC2(C)C)c1. The van der Waals surface area contributed by atoms with Gasteiger partial charge in [-0.25, -0.2) is 4.39 Å². The summed E-state index contributed by atoms with van der Waals surface area (Å²) < 4.78 is 13.3. The molecule has 1 fully saturated rings. The van der Waals surface area contributed by atoms with Crippen LogP contribution >= 0.6 is 0 Å². The van der Waals surface area contributed by atoms with Gasteiger partial charge in [0.15, 0.2) is 0 Å². The minimum atomic E-state index is -0.903. The number of aryl methyl sites for hydroxylation is 1. The number of carboxylic acids is 1. The van der Waals surface area contributed by atoms with Gasteiger partial charge in [-0.2, -0.15) is 0 Å². The number of aliphatic carboxylic acids is 1. The van der Waals surface area contributed by atoms with E-state index in [4.69, 9.17) is 0 Å². The van der Waals surface area contributed by atoms with Crippen molar-refractivity contribution < 1.29 is 14.3 Å². The van der Waals surface area contributed by atoms with Gasteiger partial charge in [0, 0.05) is 0 Å². The van der Waals surface area contributed by atoms with Crippen molar-refractivity contribution in [2.45, 2.75) is 32.6 Å². The second-order valence-corrected chi connectivity index (χ2v) is 5.29. The van der Waals surface area contributed by atoms with E-state index in [2.05, 4.69) is 0 Å². The molecule has 0 aromatic heterocycles. The van der Waals surface area contributed by atoms with E-state index in [1.807, 2.05) is 13.8 Å². The van der Waals surface area contributed by atoms with Crippen LogP contribution in [0.15, 0.2) is 18.2 Å². The van der Waals surface area contributed by atoms with E-state index in [-0.39, 0.29) is 11.2 Å². The molecule has 0 radical (unpaired) electrons. The molecule has 2 nitrogen and oxygen atoms in total. The fraction of sp³-hybridized carbons (Fsp3) is 0.462. The van der Waals surface area contributed by atoms with E-state index in [9.17, 15) is 14.3 Å². The average Bonchev–Trinajstić information content (AvgIpc) is 2.69. The van der Waals surface area contributed by atoms with Crippen LogP contribution in [0.25, 0.3) is 0 Å². The van der Waals surface area contributed by atoms with E-state index in [1.165, 1.54) is 12.1 Å². The molecular weight excluding hydrogens is 207 g/mol. The summed E-state index contributed by atoms with van der Waals surface area (Å²) in [6, 6.07) is 4.52. The second-order valence-electron chi connectivity index (χ2n) is 5.29. The van der Waals surface area contributed by atoms with E-state index >= 15 is 0 Å². The highest BCUT2D eigenvalue weighted by molar-refractivity contribution is 5.87. The van der Waals surface area contributed by atoms with Crippen LogP contribution in [0.3, 0.4) is 0 Å². The third-order valence-corrected chi connectivity index (χ3v) is 3.64. The zero-order chi connectivity index (χ0) is 12.1. The molecule has 1 aliphatic carbocycles. The number of hydrogen-bond donors (Lipinski definition) is 1. The third-order valence-electron chi connectivity index (χ3n) is 3.64. The Hall–Kier alpha value is -1.38. The standard InChI is InChI=1S/C13H15FO2/c1-8-4-9(6-10(14)5-8)13(11(15)16)7-12(13,2)3/h4-6H,7H2,1-3H3,(H,15,16). The molecular formula is C13H15FO2. The van der Waals surface area contributed by atoms with Crippen LogP contribution in [-0.2, 0) is 10.2 Å². The highest BCUT2D eigenvalue weighted by atomic mass is 19.1. The molecule has 3 heteroatoms. The van der Waals surface area contributed by atoms with Crippen LogP contribution in [0, 0.1) is 18.2 Å². The first-order valence-corrected chi connectivity index (χ1v) is 5.31. The van der Waals surface area contributed by atoms with Gasteiger partial charge in [-0.05, 0) is 42.0 Å². The fourth-order valence-electron chi connectivity index (χ4n) is 2.58. The molecule has 1 aliphatic rings. The van der Waals surface area contributed by atoms with Gasteiger partial charge in [-0.3, -0.25) is 4.79 Å². The van der Waals surface area contributed by atoms with Crippen molar-refractivity contribution >= 4 is 5.97 Å². The smallest absolute Gasteiger partial charge is 0.314 e. The summed E-state index contributed by atoms with van der Waals surface area (Å²) in [5.41, 5.74) is 0.152. The van der Waals surface area contributed by atoms with Crippen LogP contribution in [0.1, 0.15) is 31.4 Å². The summed E-state index contributed by atoms with van der Waals surface area (Å²) >= 11 is 0. The lowest BCUT2D eigenvalue weighted by atomic mass is 9.87. The maximum Gasteiger partial charge on any atom is 0.314 e. The molecule has 2 rings (SSSR count). The van der Waals surface area contributed by atoms with Crippen molar-refractivity contribution in [1.29, 1.82) is 0 Å². The minimum Gasteiger partial charge on any atom is -0.481 e. The quantitative estimate of drug-likeness (QED) is 0.835. The summed E-state index contributed by atoms with van der Waals surface area (Å²) in [7, 11) is 0. The molecule has 0 saturated heterocycles. The Balaban J connectivity index is 2.55. The average molecular weight is 222 g/mol. The maximum absolute atomic E-state index is 13.3. The number of benzene rings is 1. The number of carboxylic acid groups (broad SMARTS) is 1. The van der Waals surface area contributed by atoms with E-state index in [0.29, 0.717) is 12.0 Å². The second kappa shape index (κ2) is 3.06. The zero-order valence-corrected chi connectivity index (χ0v) is 9.67. The molecule has 86 valence electrons. The van der Waals surface area contributed by atoms with Crippen LogP contribution in [0.2, 0.25) is 0 Å². The van der Waals surface area contributed by atoms with Gasteiger partial charge in [0.2, 0.25) is 0 Å². The molecule has 1 atom stereocenters. The summed E-state index contributed by atoms with van der Waals surface area (Å²) in [6.45, 7) is 5.58. The summed E-state index contributed by atoms with van der Waals surface area (Å²) in [4.78, 5) is 11.4. The van der Waals surface area contributed by atoms with Crippen LogP contribution in [-0.4, -0.2) is 11.1 Å². The Labute approximate surface area is 94.1 Å². The molecule has 1 unspecified atom stereocenters. The van der Waals surface area contributed by atoms with Crippen molar-refractivity contribution in [2.24, 2.45) is 5.41 Å². The van der Waals surface area contributed by atoms with Crippen molar-refractivity contribution in [3.8, 4) is 0 Å². The van der Waals surface area contributed by atoms with Gasteiger partial charge in [0.05, 0.1) is 5.41 Å². The maximum atomic E-state index is 13.3. The highest BCUT2D eigenvalue weighted by Gasteiger charge is 2.67. The lowest BCUT2D eigenvalue weighted by Crippen LogP contribution is -2.25. The van der Waals surface area contributed by atoms with Crippen molar-refractivity contribution in [2.75, 3.05) is 0 Å². The van der Waals surface area contributed by atoms with Gasteiger partial charge in [-0.1, -0.05) is 19.9 Å². The fourth-order valence-corrected chi connectivity index (χ4v) is 2.58. The lowest BCUT2D eigenvalue weighted by molar-refractivity contribution is -0.141. The molecule has 1 N–H and O–H groups in total.